The standard InChI is InChI=1S/C21H27NO3/c1-14(18-5-3-2-4-6-18)22-19(23)13-25-20(24)21-10-15-7-16(11-21)9-17(8-15)12-21/h2-6,14-17H,7-13H2,1H3,(H,22,23). The van der Waals surface area contributed by atoms with Crippen LogP contribution in [0.15, 0.2) is 30.3 Å². The summed E-state index contributed by atoms with van der Waals surface area (Å²) in [6, 6.07) is 9.71. The van der Waals surface area contributed by atoms with Crippen LogP contribution in [-0.2, 0) is 14.3 Å². The lowest BCUT2D eigenvalue weighted by molar-refractivity contribution is -0.173. The van der Waals surface area contributed by atoms with E-state index in [0.717, 1.165) is 24.8 Å². The molecule has 0 aliphatic heterocycles. The van der Waals surface area contributed by atoms with Gasteiger partial charge in [0.15, 0.2) is 6.61 Å². The summed E-state index contributed by atoms with van der Waals surface area (Å²) in [4.78, 5) is 24.9. The van der Waals surface area contributed by atoms with Crippen molar-refractivity contribution in [3.8, 4) is 0 Å². The number of nitrogens with one attached hydrogen (secondary N) is 1. The summed E-state index contributed by atoms with van der Waals surface area (Å²) in [6.45, 7) is 1.77. The maximum Gasteiger partial charge on any atom is 0.312 e. The summed E-state index contributed by atoms with van der Waals surface area (Å²) in [5, 5.41) is 2.91. The predicted molar refractivity (Wildman–Crippen MR) is 94.6 cm³/mol. The highest BCUT2D eigenvalue weighted by atomic mass is 16.5. The van der Waals surface area contributed by atoms with Crippen LogP contribution in [0.5, 0.6) is 0 Å². The van der Waals surface area contributed by atoms with Crippen molar-refractivity contribution >= 4 is 11.9 Å². The molecule has 0 heterocycles. The Bertz CT molecular complexity index is 619. The summed E-state index contributed by atoms with van der Waals surface area (Å²) in [5.74, 6) is 1.74. The minimum atomic E-state index is -0.292. The van der Waals surface area contributed by atoms with Crippen molar-refractivity contribution < 1.29 is 14.3 Å². The Balaban J connectivity index is 1.31. The van der Waals surface area contributed by atoms with E-state index in [1.807, 2.05) is 37.3 Å². The molecule has 1 aromatic rings. The number of amides is 1. The largest absolute Gasteiger partial charge is 0.455 e. The molecule has 5 rings (SSSR count). The van der Waals surface area contributed by atoms with Gasteiger partial charge in [0, 0.05) is 0 Å². The van der Waals surface area contributed by atoms with E-state index in [9.17, 15) is 9.59 Å². The van der Waals surface area contributed by atoms with Crippen LogP contribution in [0.2, 0.25) is 0 Å². The van der Waals surface area contributed by atoms with E-state index in [-0.39, 0.29) is 29.9 Å². The van der Waals surface area contributed by atoms with Gasteiger partial charge < -0.3 is 10.1 Å². The van der Waals surface area contributed by atoms with E-state index in [2.05, 4.69) is 5.32 Å². The van der Waals surface area contributed by atoms with Gasteiger partial charge in [0.25, 0.3) is 5.91 Å². The Hall–Kier alpha value is -1.84. The van der Waals surface area contributed by atoms with Crippen LogP contribution in [0.3, 0.4) is 0 Å². The van der Waals surface area contributed by atoms with Crippen molar-refractivity contribution in [1.82, 2.24) is 5.32 Å². The molecule has 4 bridgehead atoms. The van der Waals surface area contributed by atoms with E-state index in [0.29, 0.717) is 17.8 Å². The van der Waals surface area contributed by atoms with Gasteiger partial charge in [-0.25, -0.2) is 0 Å². The highest BCUT2D eigenvalue weighted by molar-refractivity contribution is 5.83. The van der Waals surface area contributed by atoms with Crippen LogP contribution in [0.1, 0.15) is 57.1 Å². The first-order valence-corrected chi connectivity index (χ1v) is 9.55. The van der Waals surface area contributed by atoms with Gasteiger partial charge in [-0.15, -0.1) is 0 Å². The van der Waals surface area contributed by atoms with Gasteiger partial charge in [-0.3, -0.25) is 9.59 Å². The van der Waals surface area contributed by atoms with Gasteiger partial charge in [-0.1, -0.05) is 30.3 Å². The molecule has 0 aromatic heterocycles. The number of carbonyl (C=O) groups is 2. The third-order valence-electron chi connectivity index (χ3n) is 6.48. The molecule has 4 aliphatic carbocycles. The molecule has 1 atom stereocenters. The van der Waals surface area contributed by atoms with Crippen LogP contribution < -0.4 is 5.32 Å². The lowest BCUT2D eigenvalue weighted by atomic mass is 9.49. The van der Waals surface area contributed by atoms with Crippen molar-refractivity contribution in [2.75, 3.05) is 6.61 Å². The predicted octanol–water partition coefficient (Wildman–Crippen LogP) is 3.62. The van der Waals surface area contributed by atoms with Gasteiger partial charge in [0.05, 0.1) is 11.5 Å². The molecule has 4 nitrogen and oxygen atoms in total. The van der Waals surface area contributed by atoms with E-state index in [1.54, 1.807) is 0 Å². The van der Waals surface area contributed by atoms with Gasteiger partial charge in [-0.2, -0.15) is 0 Å². The summed E-state index contributed by atoms with van der Waals surface area (Å²) in [5.41, 5.74) is 0.753. The second kappa shape index (κ2) is 6.47. The molecule has 4 heteroatoms. The summed E-state index contributed by atoms with van der Waals surface area (Å²) in [6.07, 6.45) is 6.80. The number of ether oxygens (including phenoxy) is 1. The molecular formula is C21H27NO3. The van der Waals surface area contributed by atoms with Crippen molar-refractivity contribution in [3.05, 3.63) is 35.9 Å². The minimum Gasteiger partial charge on any atom is -0.455 e. The number of esters is 1. The maximum atomic E-state index is 12.8. The topological polar surface area (TPSA) is 55.4 Å². The molecule has 134 valence electrons. The monoisotopic (exact) mass is 341 g/mol. The lowest BCUT2D eigenvalue weighted by Crippen LogP contribution is -2.51. The molecule has 4 fully saturated rings. The maximum absolute atomic E-state index is 12.8. The average molecular weight is 341 g/mol. The van der Waals surface area contributed by atoms with Crippen LogP contribution in [-0.4, -0.2) is 18.5 Å². The Labute approximate surface area is 149 Å². The molecule has 4 saturated carbocycles. The second-order valence-corrected chi connectivity index (χ2v) is 8.47. The number of hydrogen-bond acceptors (Lipinski definition) is 3. The minimum absolute atomic E-state index is 0.0908. The summed E-state index contributed by atoms with van der Waals surface area (Å²) in [7, 11) is 0. The fourth-order valence-electron chi connectivity index (χ4n) is 5.75. The molecule has 1 amide bonds. The second-order valence-electron chi connectivity index (χ2n) is 8.47. The fourth-order valence-corrected chi connectivity index (χ4v) is 5.75. The Morgan fingerprint density at radius 1 is 1.08 bits per heavy atom. The Kier molecular flexibility index (Phi) is 4.30. The molecule has 25 heavy (non-hydrogen) atoms. The van der Waals surface area contributed by atoms with Crippen LogP contribution in [0.25, 0.3) is 0 Å². The van der Waals surface area contributed by atoms with Gasteiger partial charge in [-0.05, 0) is 68.8 Å². The van der Waals surface area contributed by atoms with Crippen LogP contribution >= 0.6 is 0 Å². The average Bonchev–Trinajstić information content (AvgIpc) is 2.59. The molecule has 1 N–H and O–H groups in total. The quantitative estimate of drug-likeness (QED) is 0.832. The van der Waals surface area contributed by atoms with Crippen LogP contribution in [0.4, 0.5) is 0 Å². The molecule has 0 spiro atoms. The first-order valence-electron chi connectivity index (χ1n) is 9.55. The number of hydrogen-bond donors (Lipinski definition) is 1. The van der Waals surface area contributed by atoms with E-state index in [4.69, 9.17) is 4.74 Å². The number of rotatable bonds is 5. The highest BCUT2D eigenvalue weighted by Gasteiger charge is 2.55. The van der Waals surface area contributed by atoms with Crippen molar-refractivity contribution in [2.45, 2.75) is 51.5 Å². The fraction of sp³-hybridized carbons (Fsp3) is 0.619. The van der Waals surface area contributed by atoms with Crippen LogP contribution in [0, 0.1) is 23.2 Å². The van der Waals surface area contributed by atoms with Gasteiger partial charge in [0.1, 0.15) is 0 Å². The van der Waals surface area contributed by atoms with E-state index < -0.39 is 0 Å². The van der Waals surface area contributed by atoms with E-state index in [1.165, 1.54) is 19.3 Å². The number of benzene rings is 1. The molecule has 1 aromatic carbocycles. The first kappa shape index (κ1) is 16.6. The Morgan fingerprint density at radius 2 is 1.64 bits per heavy atom. The third kappa shape index (κ3) is 3.31. The van der Waals surface area contributed by atoms with E-state index >= 15 is 0 Å². The van der Waals surface area contributed by atoms with Gasteiger partial charge in [0.2, 0.25) is 0 Å². The summed E-state index contributed by atoms with van der Waals surface area (Å²) >= 11 is 0. The SMILES string of the molecule is CC(NC(=O)COC(=O)C12CC3CC(CC(C3)C1)C2)c1ccccc1. The molecule has 4 aliphatic rings. The normalized spacial score (nSPS) is 33.7. The zero-order valence-electron chi connectivity index (χ0n) is 14.9. The number of carbonyl (C=O) groups excluding carboxylic acids is 2. The first-order chi connectivity index (χ1) is 12.0. The molecular weight excluding hydrogens is 314 g/mol. The summed E-state index contributed by atoms with van der Waals surface area (Å²) < 4.78 is 5.47. The lowest BCUT2D eigenvalue weighted by Gasteiger charge is -2.55. The third-order valence-corrected chi connectivity index (χ3v) is 6.48. The van der Waals surface area contributed by atoms with Gasteiger partial charge >= 0.3 is 5.97 Å². The zero-order chi connectivity index (χ0) is 17.4. The Morgan fingerprint density at radius 3 is 2.20 bits per heavy atom. The highest BCUT2D eigenvalue weighted by Crippen LogP contribution is 2.60. The van der Waals surface area contributed by atoms with Crippen molar-refractivity contribution in [2.24, 2.45) is 23.2 Å². The smallest absolute Gasteiger partial charge is 0.312 e. The zero-order valence-corrected chi connectivity index (χ0v) is 14.9. The molecule has 1 unspecified atom stereocenters. The van der Waals surface area contributed by atoms with Crippen molar-refractivity contribution in [1.29, 1.82) is 0 Å². The molecule has 0 radical (unpaired) electrons. The van der Waals surface area contributed by atoms with Crippen molar-refractivity contribution in [3.63, 3.8) is 0 Å². The molecule has 0 saturated heterocycles.